The summed E-state index contributed by atoms with van der Waals surface area (Å²) in [6.07, 6.45) is 3.53. The van der Waals surface area contributed by atoms with E-state index < -0.39 is 0 Å². The SMILES string of the molecule is CC(=O)OCC[C@H]1CCCNC1. The number of carbonyl (C=O) groups is 1. The Bertz CT molecular complexity index is 141. The largest absolute Gasteiger partial charge is 0.466 e. The molecule has 1 saturated heterocycles. The van der Waals surface area contributed by atoms with Crippen LogP contribution in [-0.4, -0.2) is 25.7 Å². The van der Waals surface area contributed by atoms with Crippen LogP contribution in [-0.2, 0) is 9.53 Å². The van der Waals surface area contributed by atoms with Crippen LogP contribution in [0.3, 0.4) is 0 Å². The molecule has 1 N–H and O–H groups in total. The lowest BCUT2D eigenvalue weighted by Gasteiger charge is -2.22. The quantitative estimate of drug-likeness (QED) is 0.642. The summed E-state index contributed by atoms with van der Waals surface area (Å²) in [5.74, 6) is 0.539. The molecule has 0 amide bonds. The number of rotatable bonds is 3. The first kappa shape index (κ1) is 9.52. The number of hydrogen-bond acceptors (Lipinski definition) is 3. The van der Waals surface area contributed by atoms with Crippen LogP contribution in [0.4, 0.5) is 0 Å². The average molecular weight is 171 g/mol. The van der Waals surface area contributed by atoms with Crippen LogP contribution in [0.2, 0.25) is 0 Å². The Kier molecular flexibility index (Phi) is 4.08. The molecule has 0 spiro atoms. The Morgan fingerprint density at radius 3 is 3.08 bits per heavy atom. The molecule has 0 aliphatic carbocycles. The van der Waals surface area contributed by atoms with Crippen molar-refractivity contribution in [2.75, 3.05) is 19.7 Å². The summed E-state index contributed by atoms with van der Waals surface area (Å²) in [7, 11) is 0. The number of nitrogens with one attached hydrogen (secondary N) is 1. The van der Waals surface area contributed by atoms with Crippen molar-refractivity contribution in [3.05, 3.63) is 0 Å². The molecule has 0 bridgehead atoms. The third-order valence-electron chi connectivity index (χ3n) is 2.23. The third-order valence-corrected chi connectivity index (χ3v) is 2.23. The van der Waals surface area contributed by atoms with Crippen molar-refractivity contribution < 1.29 is 9.53 Å². The average Bonchev–Trinajstić information content (AvgIpc) is 2.05. The van der Waals surface area contributed by atoms with Gasteiger partial charge in [-0.25, -0.2) is 0 Å². The first-order valence-corrected chi connectivity index (χ1v) is 4.63. The third kappa shape index (κ3) is 3.72. The zero-order valence-corrected chi connectivity index (χ0v) is 7.64. The van der Waals surface area contributed by atoms with Gasteiger partial charge < -0.3 is 10.1 Å². The van der Waals surface area contributed by atoms with E-state index >= 15 is 0 Å². The topological polar surface area (TPSA) is 38.3 Å². The number of hydrogen-bond donors (Lipinski definition) is 1. The highest BCUT2D eigenvalue weighted by atomic mass is 16.5. The summed E-state index contributed by atoms with van der Waals surface area (Å²) in [6, 6.07) is 0. The van der Waals surface area contributed by atoms with Gasteiger partial charge in [-0.3, -0.25) is 4.79 Å². The van der Waals surface area contributed by atoms with Crippen LogP contribution in [0.5, 0.6) is 0 Å². The van der Waals surface area contributed by atoms with E-state index in [0.29, 0.717) is 12.5 Å². The maximum absolute atomic E-state index is 10.4. The zero-order chi connectivity index (χ0) is 8.81. The molecule has 0 unspecified atom stereocenters. The Balaban J connectivity index is 2.01. The van der Waals surface area contributed by atoms with Crippen LogP contribution in [0.25, 0.3) is 0 Å². The maximum atomic E-state index is 10.4. The van der Waals surface area contributed by atoms with Gasteiger partial charge in [-0.05, 0) is 38.3 Å². The van der Waals surface area contributed by atoms with Crippen LogP contribution in [0.1, 0.15) is 26.2 Å². The van der Waals surface area contributed by atoms with Gasteiger partial charge in [0, 0.05) is 6.92 Å². The fraction of sp³-hybridized carbons (Fsp3) is 0.889. The monoisotopic (exact) mass is 171 g/mol. The number of carbonyl (C=O) groups excluding carboxylic acids is 1. The standard InChI is InChI=1S/C9H17NO2/c1-8(11)12-6-4-9-3-2-5-10-7-9/h9-10H,2-7H2,1H3/t9-/m1/s1. The summed E-state index contributed by atoms with van der Waals surface area (Å²) < 4.78 is 4.88. The van der Waals surface area contributed by atoms with Crippen LogP contribution in [0.15, 0.2) is 0 Å². The lowest BCUT2D eigenvalue weighted by molar-refractivity contribution is -0.141. The minimum Gasteiger partial charge on any atom is -0.466 e. The fourth-order valence-corrected chi connectivity index (χ4v) is 1.54. The molecule has 3 nitrogen and oxygen atoms in total. The predicted molar refractivity (Wildman–Crippen MR) is 46.8 cm³/mol. The van der Waals surface area contributed by atoms with Crippen molar-refractivity contribution in [3.8, 4) is 0 Å². The lowest BCUT2D eigenvalue weighted by atomic mass is 9.97. The lowest BCUT2D eigenvalue weighted by Crippen LogP contribution is -2.30. The zero-order valence-electron chi connectivity index (χ0n) is 7.64. The van der Waals surface area contributed by atoms with Crippen molar-refractivity contribution >= 4 is 5.97 Å². The summed E-state index contributed by atoms with van der Waals surface area (Å²) >= 11 is 0. The van der Waals surface area contributed by atoms with Crippen molar-refractivity contribution in [1.29, 1.82) is 0 Å². The van der Waals surface area contributed by atoms with E-state index in [4.69, 9.17) is 4.74 Å². The normalized spacial score (nSPS) is 23.6. The summed E-state index contributed by atoms with van der Waals surface area (Å²) in [6.45, 7) is 4.27. The summed E-state index contributed by atoms with van der Waals surface area (Å²) in [5.41, 5.74) is 0. The predicted octanol–water partition coefficient (Wildman–Crippen LogP) is 0.939. The Labute approximate surface area is 73.5 Å². The van der Waals surface area contributed by atoms with Gasteiger partial charge in [0.2, 0.25) is 0 Å². The van der Waals surface area contributed by atoms with Gasteiger partial charge in [0.25, 0.3) is 0 Å². The highest BCUT2D eigenvalue weighted by molar-refractivity contribution is 5.65. The van der Waals surface area contributed by atoms with Gasteiger partial charge in [0.1, 0.15) is 0 Å². The first-order chi connectivity index (χ1) is 5.79. The number of esters is 1. The first-order valence-electron chi connectivity index (χ1n) is 4.63. The van der Waals surface area contributed by atoms with E-state index in [1.165, 1.54) is 19.8 Å². The van der Waals surface area contributed by atoms with Crippen LogP contribution >= 0.6 is 0 Å². The second-order valence-electron chi connectivity index (χ2n) is 3.34. The van der Waals surface area contributed by atoms with Crippen LogP contribution < -0.4 is 5.32 Å². The highest BCUT2D eigenvalue weighted by Crippen LogP contribution is 2.13. The number of ether oxygens (including phenoxy) is 1. The summed E-state index contributed by atoms with van der Waals surface area (Å²) in [5, 5.41) is 3.33. The van der Waals surface area contributed by atoms with Crippen LogP contribution in [0, 0.1) is 5.92 Å². The second-order valence-corrected chi connectivity index (χ2v) is 3.34. The second kappa shape index (κ2) is 5.14. The van der Waals surface area contributed by atoms with Crippen molar-refractivity contribution in [3.63, 3.8) is 0 Å². The van der Waals surface area contributed by atoms with Gasteiger partial charge in [0.15, 0.2) is 0 Å². The molecule has 70 valence electrons. The van der Waals surface area contributed by atoms with Gasteiger partial charge >= 0.3 is 5.97 Å². The molecule has 0 saturated carbocycles. The van der Waals surface area contributed by atoms with Gasteiger partial charge in [0.05, 0.1) is 6.61 Å². The van der Waals surface area contributed by atoms with Gasteiger partial charge in [-0.2, -0.15) is 0 Å². The van der Waals surface area contributed by atoms with E-state index in [2.05, 4.69) is 5.32 Å². The smallest absolute Gasteiger partial charge is 0.302 e. The van der Waals surface area contributed by atoms with Crippen molar-refractivity contribution in [2.45, 2.75) is 26.2 Å². The fourth-order valence-electron chi connectivity index (χ4n) is 1.54. The van der Waals surface area contributed by atoms with E-state index in [-0.39, 0.29) is 5.97 Å². The number of piperidine rings is 1. The molecule has 12 heavy (non-hydrogen) atoms. The molecule has 1 aliphatic heterocycles. The Hall–Kier alpha value is -0.570. The van der Waals surface area contributed by atoms with Gasteiger partial charge in [-0.15, -0.1) is 0 Å². The van der Waals surface area contributed by atoms with E-state index in [1.54, 1.807) is 0 Å². The molecule has 1 atom stereocenters. The van der Waals surface area contributed by atoms with Crippen molar-refractivity contribution in [2.24, 2.45) is 5.92 Å². The minimum atomic E-state index is -0.168. The molecular weight excluding hydrogens is 154 g/mol. The Morgan fingerprint density at radius 2 is 2.50 bits per heavy atom. The molecule has 1 heterocycles. The molecule has 0 aromatic rings. The molecule has 1 rings (SSSR count). The molecule has 0 aromatic carbocycles. The highest BCUT2D eigenvalue weighted by Gasteiger charge is 2.12. The van der Waals surface area contributed by atoms with Crippen molar-refractivity contribution in [1.82, 2.24) is 5.32 Å². The van der Waals surface area contributed by atoms with E-state index in [0.717, 1.165) is 19.5 Å². The Morgan fingerprint density at radius 1 is 1.67 bits per heavy atom. The molecular formula is C9H17NO2. The van der Waals surface area contributed by atoms with E-state index in [9.17, 15) is 4.79 Å². The molecule has 1 fully saturated rings. The maximum Gasteiger partial charge on any atom is 0.302 e. The molecule has 1 aliphatic rings. The van der Waals surface area contributed by atoms with E-state index in [1.807, 2.05) is 0 Å². The summed E-state index contributed by atoms with van der Waals surface area (Å²) in [4.78, 5) is 10.4. The molecule has 0 aromatic heterocycles. The van der Waals surface area contributed by atoms with Gasteiger partial charge in [-0.1, -0.05) is 0 Å². The molecule has 3 heteroatoms. The minimum absolute atomic E-state index is 0.168. The molecule has 0 radical (unpaired) electrons.